The lowest BCUT2D eigenvalue weighted by Crippen LogP contribution is -2.56. The minimum Gasteiger partial charge on any atom is -0.496 e. The fourth-order valence-corrected chi connectivity index (χ4v) is 3.93. The molecule has 1 aliphatic heterocycles. The standard InChI is InChI=1S/C19H20N2O3S/c1-19(21-17(22)14-8-4-6-10-16(14)25-19)18(23)20-12-11-13-7-3-5-9-15(13)24-2/h3-10H,11-12H2,1-2H3,(H,20,23)(H,21,22)/t19-/m1/s1. The first-order valence-electron chi connectivity index (χ1n) is 8.04. The molecule has 130 valence electrons. The molecule has 5 nitrogen and oxygen atoms in total. The van der Waals surface area contributed by atoms with Crippen LogP contribution in [0.2, 0.25) is 0 Å². The molecule has 6 heteroatoms. The zero-order chi connectivity index (χ0) is 17.9. The quantitative estimate of drug-likeness (QED) is 0.864. The molecule has 3 rings (SSSR count). The van der Waals surface area contributed by atoms with Gasteiger partial charge in [-0.15, -0.1) is 0 Å². The molecule has 1 atom stereocenters. The SMILES string of the molecule is COc1ccccc1CCNC(=O)[C@]1(C)NC(=O)c2ccccc2S1. The third-order valence-corrected chi connectivity index (χ3v) is 5.38. The molecule has 0 spiro atoms. The summed E-state index contributed by atoms with van der Waals surface area (Å²) in [5.74, 6) is 0.365. The van der Waals surface area contributed by atoms with Crippen LogP contribution in [0.25, 0.3) is 0 Å². The van der Waals surface area contributed by atoms with E-state index >= 15 is 0 Å². The van der Waals surface area contributed by atoms with Crippen LogP contribution in [0.5, 0.6) is 5.75 Å². The van der Waals surface area contributed by atoms with Gasteiger partial charge in [0.05, 0.1) is 12.7 Å². The van der Waals surface area contributed by atoms with E-state index in [0.29, 0.717) is 18.5 Å². The van der Waals surface area contributed by atoms with Gasteiger partial charge in [0.2, 0.25) is 0 Å². The number of rotatable bonds is 5. The van der Waals surface area contributed by atoms with Crippen LogP contribution in [-0.2, 0) is 11.2 Å². The molecule has 0 unspecified atom stereocenters. The molecule has 25 heavy (non-hydrogen) atoms. The van der Waals surface area contributed by atoms with Crippen LogP contribution in [0.4, 0.5) is 0 Å². The molecule has 0 radical (unpaired) electrons. The molecule has 2 aromatic carbocycles. The first kappa shape index (κ1) is 17.4. The molecular formula is C19H20N2O3S. The van der Waals surface area contributed by atoms with E-state index in [1.54, 1.807) is 20.1 Å². The number of ether oxygens (including phenoxy) is 1. The van der Waals surface area contributed by atoms with Gasteiger partial charge in [-0.1, -0.05) is 42.1 Å². The van der Waals surface area contributed by atoms with Crippen molar-refractivity contribution in [1.82, 2.24) is 10.6 Å². The Morgan fingerprint density at radius 1 is 1.20 bits per heavy atom. The Balaban J connectivity index is 1.64. The van der Waals surface area contributed by atoms with Crippen molar-refractivity contribution in [2.24, 2.45) is 0 Å². The number of nitrogens with one attached hydrogen (secondary N) is 2. The van der Waals surface area contributed by atoms with Gasteiger partial charge in [-0.2, -0.15) is 0 Å². The van der Waals surface area contributed by atoms with E-state index < -0.39 is 4.87 Å². The zero-order valence-electron chi connectivity index (χ0n) is 14.2. The van der Waals surface area contributed by atoms with Crippen molar-refractivity contribution < 1.29 is 14.3 Å². The van der Waals surface area contributed by atoms with E-state index in [4.69, 9.17) is 4.74 Å². The van der Waals surface area contributed by atoms with E-state index in [1.807, 2.05) is 42.5 Å². The van der Waals surface area contributed by atoms with Gasteiger partial charge < -0.3 is 15.4 Å². The molecule has 0 aromatic heterocycles. The summed E-state index contributed by atoms with van der Waals surface area (Å²) in [4.78, 5) is 24.7. The van der Waals surface area contributed by atoms with Crippen LogP contribution in [0, 0.1) is 0 Å². The number of carbonyl (C=O) groups is 2. The number of amides is 2. The number of thioether (sulfide) groups is 1. The van der Waals surface area contributed by atoms with Crippen molar-refractivity contribution in [1.29, 1.82) is 0 Å². The Bertz CT molecular complexity index is 809. The van der Waals surface area contributed by atoms with Crippen LogP contribution in [0.1, 0.15) is 22.8 Å². The normalized spacial score (nSPS) is 18.9. The second kappa shape index (κ2) is 7.19. The number of fused-ring (bicyclic) bond motifs is 1. The molecule has 0 saturated carbocycles. The Labute approximate surface area is 151 Å². The second-order valence-electron chi connectivity index (χ2n) is 5.90. The first-order chi connectivity index (χ1) is 12.0. The van der Waals surface area contributed by atoms with Gasteiger partial charge in [0.25, 0.3) is 11.8 Å². The van der Waals surface area contributed by atoms with Crippen molar-refractivity contribution in [3.63, 3.8) is 0 Å². The fourth-order valence-electron chi connectivity index (χ4n) is 2.76. The van der Waals surface area contributed by atoms with E-state index in [-0.39, 0.29) is 11.8 Å². The smallest absolute Gasteiger partial charge is 0.256 e. The van der Waals surface area contributed by atoms with Crippen LogP contribution in [0.3, 0.4) is 0 Å². The number of benzene rings is 2. The minimum absolute atomic E-state index is 0.213. The predicted octanol–water partition coefficient (Wildman–Crippen LogP) is 2.61. The zero-order valence-corrected chi connectivity index (χ0v) is 15.0. The monoisotopic (exact) mass is 356 g/mol. The second-order valence-corrected chi connectivity index (χ2v) is 7.36. The number of hydrogen-bond donors (Lipinski definition) is 2. The minimum atomic E-state index is -1.02. The van der Waals surface area contributed by atoms with Crippen LogP contribution < -0.4 is 15.4 Å². The van der Waals surface area contributed by atoms with Gasteiger partial charge in [0.15, 0.2) is 4.87 Å². The van der Waals surface area contributed by atoms with E-state index in [9.17, 15) is 9.59 Å². The molecule has 1 aliphatic rings. The van der Waals surface area contributed by atoms with Crippen LogP contribution in [0.15, 0.2) is 53.4 Å². The van der Waals surface area contributed by atoms with Crippen molar-refractivity contribution in [2.75, 3.05) is 13.7 Å². The highest BCUT2D eigenvalue weighted by atomic mass is 32.2. The summed E-state index contributed by atoms with van der Waals surface area (Å²) in [6.07, 6.45) is 0.654. The summed E-state index contributed by atoms with van der Waals surface area (Å²) in [5.41, 5.74) is 1.63. The summed E-state index contributed by atoms with van der Waals surface area (Å²) in [7, 11) is 1.63. The van der Waals surface area contributed by atoms with Gasteiger partial charge in [0, 0.05) is 11.4 Å². The Hall–Kier alpha value is -2.47. The van der Waals surface area contributed by atoms with Crippen molar-refractivity contribution >= 4 is 23.6 Å². The fraction of sp³-hybridized carbons (Fsp3) is 0.263. The van der Waals surface area contributed by atoms with E-state index in [0.717, 1.165) is 16.2 Å². The molecule has 0 saturated heterocycles. The largest absolute Gasteiger partial charge is 0.496 e. The van der Waals surface area contributed by atoms with Gasteiger partial charge >= 0.3 is 0 Å². The van der Waals surface area contributed by atoms with Gasteiger partial charge in [0.1, 0.15) is 5.75 Å². The number of para-hydroxylation sites is 1. The molecule has 2 N–H and O–H groups in total. The van der Waals surface area contributed by atoms with Gasteiger partial charge in [-0.3, -0.25) is 9.59 Å². The Morgan fingerprint density at radius 2 is 1.92 bits per heavy atom. The third kappa shape index (κ3) is 3.64. The molecular weight excluding hydrogens is 336 g/mol. The lowest BCUT2D eigenvalue weighted by molar-refractivity contribution is -0.123. The van der Waals surface area contributed by atoms with E-state index in [2.05, 4.69) is 10.6 Å². The summed E-state index contributed by atoms with van der Waals surface area (Å²) >= 11 is 1.36. The lowest BCUT2D eigenvalue weighted by atomic mass is 10.1. The summed E-state index contributed by atoms with van der Waals surface area (Å²) in [5, 5.41) is 5.72. The highest BCUT2D eigenvalue weighted by Crippen LogP contribution is 2.37. The third-order valence-electron chi connectivity index (χ3n) is 4.10. The highest BCUT2D eigenvalue weighted by Gasteiger charge is 2.40. The number of carbonyl (C=O) groups excluding carboxylic acids is 2. The van der Waals surface area contributed by atoms with Crippen LogP contribution in [-0.4, -0.2) is 30.3 Å². The maximum Gasteiger partial charge on any atom is 0.256 e. The molecule has 0 fully saturated rings. The van der Waals surface area contributed by atoms with E-state index in [1.165, 1.54) is 11.8 Å². The lowest BCUT2D eigenvalue weighted by Gasteiger charge is -2.33. The van der Waals surface area contributed by atoms with Gasteiger partial charge in [-0.05, 0) is 37.1 Å². The molecule has 0 bridgehead atoms. The topological polar surface area (TPSA) is 67.4 Å². The average Bonchev–Trinajstić information content (AvgIpc) is 2.62. The maximum atomic E-state index is 12.6. The maximum absolute atomic E-state index is 12.6. The Kier molecular flexibility index (Phi) is 4.99. The van der Waals surface area contributed by atoms with Crippen molar-refractivity contribution in [3.8, 4) is 5.75 Å². The molecule has 0 aliphatic carbocycles. The van der Waals surface area contributed by atoms with Crippen molar-refractivity contribution in [2.45, 2.75) is 23.1 Å². The Morgan fingerprint density at radius 3 is 2.72 bits per heavy atom. The molecule has 1 heterocycles. The molecule has 2 aromatic rings. The number of hydrogen-bond acceptors (Lipinski definition) is 4. The first-order valence-corrected chi connectivity index (χ1v) is 8.86. The van der Waals surface area contributed by atoms with Crippen molar-refractivity contribution in [3.05, 3.63) is 59.7 Å². The summed E-state index contributed by atoms with van der Waals surface area (Å²) in [6, 6.07) is 15.0. The van der Waals surface area contributed by atoms with Gasteiger partial charge in [-0.25, -0.2) is 0 Å². The predicted molar refractivity (Wildman–Crippen MR) is 97.9 cm³/mol. The summed E-state index contributed by atoms with van der Waals surface area (Å²) < 4.78 is 5.32. The number of methoxy groups -OCH3 is 1. The van der Waals surface area contributed by atoms with Crippen LogP contribution >= 0.6 is 11.8 Å². The highest BCUT2D eigenvalue weighted by molar-refractivity contribution is 8.01. The average molecular weight is 356 g/mol. The summed E-state index contributed by atoms with van der Waals surface area (Å²) in [6.45, 7) is 2.19. The molecule has 2 amide bonds.